The molecule has 0 nitrogen and oxygen atoms in total. The van der Waals surface area contributed by atoms with E-state index >= 15 is 0 Å². The Kier molecular flexibility index (Phi) is 1.57. The topological polar surface area (TPSA) is 0 Å². The van der Waals surface area contributed by atoms with Crippen molar-refractivity contribution in [2.45, 2.75) is 6.42 Å². The van der Waals surface area contributed by atoms with Crippen molar-refractivity contribution in [1.82, 2.24) is 0 Å². The Morgan fingerprint density at radius 2 is 2.18 bits per heavy atom. The number of fused-ring (bicyclic) bond motifs is 1. The standard InChI is InChI=1S/C10H9B/c11-10-6-5-8-3-1-2-4-9(8)7-10/h1-6,9H,7H2. The highest BCUT2D eigenvalue weighted by atomic mass is 14.2. The smallest absolute Gasteiger partial charge is 0.107 e. The Labute approximate surface area is 68.4 Å². The van der Waals surface area contributed by atoms with Crippen LogP contribution in [0.2, 0.25) is 0 Å². The summed E-state index contributed by atoms with van der Waals surface area (Å²) in [5, 5.41) is 0. The summed E-state index contributed by atoms with van der Waals surface area (Å²) in [4.78, 5) is 0. The fraction of sp³-hybridized carbons (Fsp3) is 0.200. The second kappa shape index (κ2) is 2.57. The molecule has 0 bridgehead atoms. The summed E-state index contributed by atoms with van der Waals surface area (Å²) >= 11 is 0. The largest absolute Gasteiger partial charge is 0.117 e. The minimum Gasteiger partial charge on any atom is -0.117 e. The average molecular weight is 140 g/mol. The van der Waals surface area contributed by atoms with E-state index in [0.29, 0.717) is 5.92 Å². The van der Waals surface area contributed by atoms with Crippen molar-refractivity contribution >= 4 is 7.85 Å². The molecule has 0 amide bonds. The number of allylic oxidation sites excluding steroid dienone is 8. The normalized spacial score (nSPS) is 27.5. The van der Waals surface area contributed by atoms with Crippen LogP contribution in [0.1, 0.15) is 6.42 Å². The molecule has 0 heterocycles. The van der Waals surface area contributed by atoms with Crippen LogP contribution in [-0.4, -0.2) is 7.85 Å². The Hall–Kier alpha value is -0.975. The lowest BCUT2D eigenvalue weighted by Crippen LogP contribution is -2.06. The molecule has 11 heavy (non-hydrogen) atoms. The van der Waals surface area contributed by atoms with E-state index in [0.717, 1.165) is 11.9 Å². The fourth-order valence-corrected chi connectivity index (χ4v) is 1.49. The summed E-state index contributed by atoms with van der Waals surface area (Å²) in [5.41, 5.74) is 2.36. The third-order valence-corrected chi connectivity index (χ3v) is 2.12. The van der Waals surface area contributed by atoms with Crippen LogP contribution in [0.3, 0.4) is 0 Å². The van der Waals surface area contributed by atoms with E-state index in [2.05, 4.69) is 30.4 Å². The second-order valence-electron chi connectivity index (χ2n) is 2.96. The van der Waals surface area contributed by atoms with Crippen molar-refractivity contribution in [2.75, 3.05) is 0 Å². The summed E-state index contributed by atoms with van der Waals surface area (Å²) in [6.07, 6.45) is 13.6. The molecule has 2 aliphatic carbocycles. The lowest BCUT2D eigenvalue weighted by Gasteiger charge is -2.20. The van der Waals surface area contributed by atoms with Gasteiger partial charge in [-0.1, -0.05) is 36.5 Å². The van der Waals surface area contributed by atoms with Crippen LogP contribution in [-0.2, 0) is 0 Å². The molecule has 0 saturated heterocycles. The zero-order chi connectivity index (χ0) is 7.68. The SMILES string of the molecule is [B]C1=CC=C2C=CC=CC2C1. The first-order chi connectivity index (χ1) is 5.36. The molecule has 0 fully saturated rings. The molecular formula is C10H9B. The average Bonchev–Trinajstić information content (AvgIpc) is 2.04. The molecule has 0 N–H and O–H groups in total. The Morgan fingerprint density at radius 3 is 3.09 bits per heavy atom. The van der Waals surface area contributed by atoms with E-state index < -0.39 is 0 Å². The van der Waals surface area contributed by atoms with Crippen molar-refractivity contribution in [3.8, 4) is 0 Å². The van der Waals surface area contributed by atoms with Crippen molar-refractivity contribution in [2.24, 2.45) is 5.92 Å². The van der Waals surface area contributed by atoms with Gasteiger partial charge in [0.05, 0.1) is 0 Å². The first-order valence-corrected chi connectivity index (χ1v) is 3.87. The molecule has 1 atom stereocenters. The van der Waals surface area contributed by atoms with Gasteiger partial charge in [-0.15, -0.1) is 5.47 Å². The summed E-state index contributed by atoms with van der Waals surface area (Å²) in [5.74, 6) is 0.532. The van der Waals surface area contributed by atoms with Gasteiger partial charge in [-0.2, -0.15) is 0 Å². The third-order valence-electron chi connectivity index (χ3n) is 2.12. The molecule has 2 radical (unpaired) electrons. The number of hydrogen-bond acceptors (Lipinski definition) is 0. The van der Waals surface area contributed by atoms with Gasteiger partial charge in [-0.25, -0.2) is 0 Å². The third kappa shape index (κ3) is 1.23. The molecule has 2 aliphatic rings. The van der Waals surface area contributed by atoms with Crippen LogP contribution >= 0.6 is 0 Å². The molecule has 52 valence electrons. The minimum atomic E-state index is 0.532. The minimum absolute atomic E-state index is 0.532. The van der Waals surface area contributed by atoms with Crippen LogP contribution in [0.15, 0.2) is 47.5 Å². The van der Waals surface area contributed by atoms with E-state index in [9.17, 15) is 0 Å². The Bertz CT molecular complexity index is 279. The van der Waals surface area contributed by atoms with E-state index in [1.807, 2.05) is 6.08 Å². The lowest BCUT2D eigenvalue weighted by atomic mass is 9.78. The molecular weight excluding hydrogens is 131 g/mol. The first-order valence-electron chi connectivity index (χ1n) is 3.87. The van der Waals surface area contributed by atoms with Crippen LogP contribution in [0.25, 0.3) is 0 Å². The van der Waals surface area contributed by atoms with E-state index in [-0.39, 0.29) is 0 Å². The lowest BCUT2D eigenvalue weighted by molar-refractivity contribution is 0.770. The van der Waals surface area contributed by atoms with Crippen LogP contribution in [0, 0.1) is 5.92 Å². The molecule has 0 aromatic heterocycles. The monoisotopic (exact) mass is 140 g/mol. The van der Waals surface area contributed by atoms with Crippen LogP contribution in [0.4, 0.5) is 0 Å². The summed E-state index contributed by atoms with van der Waals surface area (Å²) in [7, 11) is 5.70. The van der Waals surface area contributed by atoms with Gasteiger partial charge in [-0.05, 0) is 12.0 Å². The van der Waals surface area contributed by atoms with Crippen molar-refractivity contribution in [3.05, 3.63) is 47.5 Å². The maximum Gasteiger partial charge on any atom is 0.107 e. The van der Waals surface area contributed by atoms with Crippen molar-refractivity contribution in [3.63, 3.8) is 0 Å². The highest BCUT2D eigenvalue weighted by Crippen LogP contribution is 2.27. The second-order valence-corrected chi connectivity index (χ2v) is 2.96. The van der Waals surface area contributed by atoms with Gasteiger partial charge in [0.2, 0.25) is 0 Å². The quantitative estimate of drug-likeness (QED) is 0.452. The van der Waals surface area contributed by atoms with E-state index in [1.165, 1.54) is 5.57 Å². The number of rotatable bonds is 0. The van der Waals surface area contributed by atoms with Gasteiger partial charge in [0.25, 0.3) is 0 Å². The highest BCUT2D eigenvalue weighted by Gasteiger charge is 2.13. The van der Waals surface area contributed by atoms with Gasteiger partial charge in [0.15, 0.2) is 0 Å². The van der Waals surface area contributed by atoms with Gasteiger partial charge >= 0.3 is 0 Å². The molecule has 0 aromatic carbocycles. The molecule has 1 heteroatoms. The van der Waals surface area contributed by atoms with Gasteiger partial charge in [-0.3, -0.25) is 0 Å². The maximum absolute atomic E-state index is 5.70. The van der Waals surface area contributed by atoms with Gasteiger partial charge in [0.1, 0.15) is 7.85 Å². The summed E-state index contributed by atoms with van der Waals surface area (Å²) < 4.78 is 0. The number of hydrogen-bond donors (Lipinski definition) is 0. The van der Waals surface area contributed by atoms with Crippen molar-refractivity contribution in [1.29, 1.82) is 0 Å². The predicted octanol–water partition coefficient (Wildman–Crippen LogP) is 2.11. The molecule has 0 spiro atoms. The predicted molar refractivity (Wildman–Crippen MR) is 48.3 cm³/mol. The van der Waals surface area contributed by atoms with Crippen LogP contribution < -0.4 is 0 Å². The Morgan fingerprint density at radius 1 is 1.27 bits per heavy atom. The van der Waals surface area contributed by atoms with E-state index in [4.69, 9.17) is 7.85 Å². The molecule has 2 rings (SSSR count). The van der Waals surface area contributed by atoms with Gasteiger partial charge in [0, 0.05) is 5.92 Å². The van der Waals surface area contributed by atoms with Gasteiger partial charge < -0.3 is 0 Å². The Balaban J connectivity index is 2.33. The highest BCUT2D eigenvalue weighted by molar-refractivity contribution is 6.21. The van der Waals surface area contributed by atoms with Crippen molar-refractivity contribution < 1.29 is 0 Å². The molecule has 0 aromatic rings. The zero-order valence-corrected chi connectivity index (χ0v) is 6.33. The zero-order valence-electron chi connectivity index (χ0n) is 6.33. The fourth-order valence-electron chi connectivity index (χ4n) is 1.49. The maximum atomic E-state index is 5.70. The molecule has 0 saturated carbocycles. The summed E-state index contributed by atoms with van der Waals surface area (Å²) in [6.45, 7) is 0. The first kappa shape index (κ1) is 6.72. The van der Waals surface area contributed by atoms with Crippen LogP contribution in [0.5, 0.6) is 0 Å². The van der Waals surface area contributed by atoms with E-state index in [1.54, 1.807) is 0 Å². The summed E-state index contributed by atoms with van der Waals surface area (Å²) in [6, 6.07) is 0. The molecule has 1 unspecified atom stereocenters. The molecule has 0 aliphatic heterocycles.